The number of ether oxygens (including phenoxy) is 4. The number of carboxylic acid groups (broad SMARTS) is 1. The molecule has 0 radical (unpaired) electrons. The summed E-state index contributed by atoms with van der Waals surface area (Å²) in [5.41, 5.74) is 0. The molecule has 7 heteroatoms. The van der Waals surface area contributed by atoms with E-state index in [0.717, 1.165) is 90.3 Å². The van der Waals surface area contributed by atoms with Gasteiger partial charge in [-0.05, 0) is 88.9 Å². The summed E-state index contributed by atoms with van der Waals surface area (Å²) in [6.45, 7) is 3.69. The van der Waals surface area contributed by atoms with Crippen molar-refractivity contribution in [1.29, 1.82) is 0 Å². The SMILES string of the molecule is CCCC=CC(CC[C@@H]1[C@@H](CC=CCCCC(=O)O)[C@@H](O)C[C@H]1OC1CCCCO1)OC1CCCCO1. The van der Waals surface area contributed by atoms with Crippen molar-refractivity contribution in [3.8, 4) is 0 Å². The number of aliphatic hydroxyl groups is 1. The van der Waals surface area contributed by atoms with Crippen LogP contribution in [0.15, 0.2) is 24.3 Å². The first kappa shape index (κ1) is 30.3. The molecule has 0 aromatic carbocycles. The van der Waals surface area contributed by atoms with E-state index in [9.17, 15) is 9.90 Å². The first-order chi connectivity index (χ1) is 18.1. The number of hydrogen-bond donors (Lipinski definition) is 2. The largest absolute Gasteiger partial charge is 0.481 e. The molecule has 7 atom stereocenters. The van der Waals surface area contributed by atoms with E-state index in [4.69, 9.17) is 24.1 Å². The number of carboxylic acids is 1. The number of aliphatic carboxylic acids is 1. The van der Waals surface area contributed by atoms with Crippen LogP contribution in [0.25, 0.3) is 0 Å². The molecule has 0 bridgehead atoms. The van der Waals surface area contributed by atoms with Crippen LogP contribution in [-0.2, 0) is 23.7 Å². The lowest BCUT2D eigenvalue weighted by atomic mass is 9.86. The van der Waals surface area contributed by atoms with Gasteiger partial charge in [-0.3, -0.25) is 4.79 Å². The van der Waals surface area contributed by atoms with E-state index in [1.165, 1.54) is 0 Å². The average Bonchev–Trinajstić information content (AvgIpc) is 3.19. The molecule has 3 rings (SSSR count). The molecule has 0 aromatic heterocycles. The molecule has 0 amide bonds. The summed E-state index contributed by atoms with van der Waals surface area (Å²) in [7, 11) is 0. The molecule has 1 saturated carbocycles. The van der Waals surface area contributed by atoms with E-state index in [1.54, 1.807) is 0 Å². The van der Waals surface area contributed by atoms with Crippen LogP contribution in [0.4, 0.5) is 0 Å². The van der Waals surface area contributed by atoms with Gasteiger partial charge >= 0.3 is 5.97 Å². The fourth-order valence-electron chi connectivity index (χ4n) is 5.79. The van der Waals surface area contributed by atoms with Gasteiger partial charge in [0.05, 0.1) is 18.3 Å². The predicted molar refractivity (Wildman–Crippen MR) is 143 cm³/mol. The Morgan fingerprint density at radius 3 is 2.43 bits per heavy atom. The van der Waals surface area contributed by atoms with Gasteiger partial charge in [0.2, 0.25) is 0 Å². The van der Waals surface area contributed by atoms with Crippen molar-refractivity contribution in [2.75, 3.05) is 13.2 Å². The van der Waals surface area contributed by atoms with Crippen molar-refractivity contribution < 1.29 is 34.0 Å². The Balaban J connectivity index is 1.62. The average molecular weight is 523 g/mol. The number of carbonyl (C=O) groups is 1. The first-order valence-corrected chi connectivity index (χ1v) is 14.8. The molecule has 2 aliphatic heterocycles. The normalized spacial score (nSPS) is 31.8. The number of unbranched alkanes of at least 4 members (excludes halogenated alkanes) is 2. The Kier molecular flexibility index (Phi) is 14.2. The zero-order valence-corrected chi connectivity index (χ0v) is 22.8. The molecule has 3 fully saturated rings. The van der Waals surface area contributed by atoms with E-state index >= 15 is 0 Å². The van der Waals surface area contributed by atoms with Gasteiger partial charge in [-0.2, -0.15) is 0 Å². The highest BCUT2D eigenvalue weighted by Crippen LogP contribution is 2.41. The Labute approximate surface area is 223 Å². The fraction of sp³-hybridized carbons (Fsp3) is 0.833. The topological polar surface area (TPSA) is 94.5 Å². The minimum Gasteiger partial charge on any atom is -0.481 e. The van der Waals surface area contributed by atoms with Gasteiger partial charge in [0.25, 0.3) is 0 Å². The Morgan fingerprint density at radius 1 is 1.00 bits per heavy atom. The third-order valence-corrected chi connectivity index (χ3v) is 7.85. The molecule has 7 nitrogen and oxygen atoms in total. The summed E-state index contributed by atoms with van der Waals surface area (Å²) >= 11 is 0. The van der Waals surface area contributed by atoms with Gasteiger partial charge in [-0.15, -0.1) is 0 Å². The van der Waals surface area contributed by atoms with Gasteiger partial charge in [0, 0.05) is 26.1 Å². The van der Waals surface area contributed by atoms with Gasteiger partial charge in [-0.25, -0.2) is 0 Å². The number of hydrogen-bond acceptors (Lipinski definition) is 6. The predicted octanol–water partition coefficient (Wildman–Crippen LogP) is 6.14. The quantitative estimate of drug-likeness (QED) is 0.186. The Morgan fingerprint density at radius 2 is 1.76 bits per heavy atom. The summed E-state index contributed by atoms with van der Waals surface area (Å²) in [4.78, 5) is 10.8. The van der Waals surface area contributed by atoms with E-state index in [2.05, 4.69) is 31.2 Å². The van der Waals surface area contributed by atoms with E-state index in [0.29, 0.717) is 12.8 Å². The molecule has 2 heterocycles. The van der Waals surface area contributed by atoms with Crippen molar-refractivity contribution in [1.82, 2.24) is 0 Å². The lowest BCUT2D eigenvalue weighted by Crippen LogP contribution is -2.32. The number of rotatable bonds is 16. The second kappa shape index (κ2) is 17.4. The van der Waals surface area contributed by atoms with Crippen LogP contribution in [0, 0.1) is 11.8 Å². The van der Waals surface area contributed by atoms with Crippen LogP contribution >= 0.6 is 0 Å². The molecule has 37 heavy (non-hydrogen) atoms. The Bertz CT molecular complexity index is 681. The molecular weight excluding hydrogens is 472 g/mol. The third kappa shape index (κ3) is 11.2. The standard InChI is InChI=1S/C30H50O7/c1-2-3-6-13-23(36-29-16-9-11-20-34-29)18-19-25-24(14-7-4-5-8-15-28(32)33)26(31)22-27(25)37-30-17-10-12-21-35-30/h4,6-7,13,23-27,29-31H,2-3,5,8-12,14-22H2,1H3,(H,32,33)/t23?,24-,25-,26+,27-,29?,30?/m1/s1. The fourth-order valence-corrected chi connectivity index (χ4v) is 5.79. The monoisotopic (exact) mass is 522 g/mol. The molecular formula is C30H50O7. The zero-order chi connectivity index (χ0) is 26.3. The smallest absolute Gasteiger partial charge is 0.303 e. The first-order valence-electron chi connectivity index (χ1n) is 14.8. The molecule has 3 aliphatic rings. The minimum absolute atomic E-state index is 0.00816. The number of allylic oxidation sites excluding steroid dienone is 3. The van der Waals surface area contributed by atoms with Crippen LogP contribution in [0.5, 0.6) is 0 Å². The second-order valence-electron chi connectivity index (χ2n) is 10.9. The molecule has 1 aliphatic carbocycles. The Hall–Kier alpha value is -1.25. The summed E-state index contributed by atoms with van der Waals surface area (Å²) in [5, 5.41) is 19.9. The third-order valence-electron chi connectivity index (χ3n) is 7.85. The highest BCUT2D eigenvalue weighted by Gasteiger charge is 2.43. The van der Waals surface area contributed by atoms with Crippen LogP contribution in [0.3, 0.4) is 0 Å². The van der Waals surface area contributed by atoms with E-state index in [-0.39, 0.29) is 43.0 Å². The molecule has 0 aromatic rings. The lowest BCUT2D eigenvalue weighted by Gasteiger charge is -2.31. The highest BCUT2D eigenvalue weighted by molar-refractivity contribution is 5.66. The van der Waals surface area contributed by atoms with Crippen molar-refractivity contribution in [3.05, 3.63) is 24.3 Å². The summed E-state index contributed by atoms with van der Waals surface area (Å²) in [6, 6.07) is 0. The maximum Gasteiger partial charge on any atom is 0.303 e. The molecule has 2 N–H and O–H groups in total. The van der Waals surface area contributed by atoms with Crippen molar-refractivity contribution >= 4 is 5.97 Å². The van der Waals surface area contributed by atoms with Crippen LogP contribution in [-0.4, -0.2) is 60.3 Å². The number of aliphatic hydroxyl groups excluding tert-OH is 1. The maximum absolute atomic E-state index is 11.0. The molecule has 3 unspecified atom stereocenters. The summed E-state index contributed by atoms with van der Waals surface area (Å²) < 4.78 is 24.6. The molecule has 212 valence electrons. The van der Waals surface area contributed by atoms with Crippen LogP contribution in [0.1, 0.15) is 103 Å². The highest BCUT2D eigenvalue weighted by atomic mass is 16.7. The van der Waals surface area contributed by atoms with Crippen molar-refractivity contribution in [2.24, 2.45) is 11.8 Å². The van der Waals surface area contributed by atoms with E-state index < -0.39 is 12.1 Å². The van der Waals surface area contributed by atoms with Crippen LogP contribution in [0.2, 0.25) is 0 Å². The molecule has 2 saturated heterocycles. The van der Waals surface area contributed by atoms with Crippen molar-refractivity contribution in [2.45, 2.75) is 134 Å². The second-order valence-corrected chi connectivity index (χ2v) is 10.9. The van der Waals surface area contributed by atoms with Gasteiger partial charge in [-0.1, -0.05) is 37.6 Å². The molecule has 0 spiro atoms. The van der Waals surface area contributed by atoms with Crippen molar-refractivity contribution in [3.63, 3.8) is 0 Å². The lowest BCUT2D eigenvalue weighted by molar-refractivity contribution is -0.198. The van der Waals surface area contributed by atoms with Gasteiger partial charge in [0.15, 0.2) is 12.6 Å². The zero-order valence-electron chi connectivity index (χ0n) is 22.8. The van der Waals surface area contributed by atoms with E-state index in [1.807, 2.05) is 0 Å². The van der Waals surface area contributed by atoms with Gasteiger partial charge in [0.1, 0.15) is 0 Å². The summed E-state index contributed by atoms with van der Waals surface area (Å²) in [5.74, 6) is -0.439. The maximum atomic E-state index is 11.0. The van der Waals surface area contributed by atoms with Crippen LogP contribution < -0.4 is 0 Å². The minimum atomic E-state index is -0.756. The van der Waals surface area contributed by atoms with Gasteiger partial charge < -0.3 is 29.2 Å². The summed E-state index contributed by atoms with van der Waals surface area (Å²) in [6.07, 6.45) is 21.0.